The van der Waals surface area contributed by atoms with Crippen LogP contribution in [0.2, 0.25) is 0 Å². The Balaban J connectivity index is 3.73. The van der Waals surface area contributed by atoms with E-state index in [9.17, 15) is 0 Å². The predicted molar refractivity (Wildman–Crippen MR) is 56.4 cm³/mol. The largest absolute Gasteiger partial charge is 0.377 e. The molecule has 0 aliphatic carbocycles. The molecule has 2 heteroatoms. The van der Waals surface area contributed by atoms with Gasteiger partial charge in [0.25, 0.3) is 0 Å². The van der Waals surface area contributed by atoms with Crippen molar-refractivity contribution in [2.45, 2.75) is 52.2 Å². The molecule has 0 aliphatic rings. The molecule has 0 saturated carbocycles. The lowest BCUT2D eigenvalue weighted by molar-refractivity contribution is 0.0400. The van der Waals surface area contributed by atoms with Crippen LogP contribution < -0.4 is 5.73 Å². The van der Waals surface area contributed by atoms with E-state index in [2.05, 4.69) is 18.8 Å². The van der Waals surface area contributed by atoms with Crippen molar-refractivity contribution in [3.63, 3.8) is 0 Å². The van der Waals surface area contributed by atoms with Gasteiger partial charge in [0.15, 0.2) is 0 Å². The first-order valence-corrected chi connectivity index (χ1v) is 5.03. The second-order valence-corrected chi connectivity index (χ2v) is 3.03. The van der Waals surface area contributed by atoms with Crippen LogP contribution in [0.3, 0.4) is 0 Å². The maximum atomic E-state index is 5.96. The van der Waals surface area contributed by atoms with Gasteiger partial charge in [0.05, 0.1) is 6.10 Å². The zero-order valence-corrected chi connectivity index (χ0v) is 8.97. The summed E-state index contributed by atoms with van der Waals surface area (Å²) >= 11 is 0. The summed E-state index contributed by atoms with van der Waals surface area (Å²) in [6.45, 7) is 6.70. The van der Waals surface area contributed by atoms with Gasteiger partial charge in [-0.3, -0.25) is 0 Å². The van der Waals surface area contributed by atoms with Gasteiger partial charge in [-0.05, 0) is 26.7 Å². The molecule has 0 aromatic carbocycles. The highest BCUT2D eigenvalue weighted by Crippen LogP contribution is 2.07. The van der Waals surface area contributed by atoms with E-state index in [0.717, 1.165) is 25.9 Å². The highest BCUT2D eigenvalue weighted by Gasteiger charge is 2.14. The summed E-state index contributed by atoms with van der Waals surface area (Å²) in [5.74, 6) is 5.88. The van der Waals surface area contributed by atoms with Crippen LogP contribution in [0.15, 0.2) is 0 Å². The van der Waals surface area contributed by atoms with Crippen molar-refractivity contribution in [2.75, 3.05) is 6.61 Å². The Morgan fingerprint density at radius 2 is 2.08 bits per heavy atom. The second-order valence-electron chi connectivity index (χ2n) is 3.03. The molecule has 0 rings (SSSR count). The van der Waals surface area contributed by atoms with Gasteiger partial charge in [-0.25, -0.2) is 0 Å². The molecule has 76 valence electrons. The molecular weight excluding hydrogens is 162 g/mol. The van der Waals surface area contributed by atoms with Crippen molar-refractivity contribution in [2.24, 2.45) is 5.73 Å². The van der Waals surface area contributed by atoms with Gasteiger partial charge in [-0.2, -0.15) is 0 Å². The van der Waals surface area contributed by atoms with E-state index in [1.165, 1.54) is 0 Å². The van der Waals surface area contributed by atoms with Crippen LogP contribution in [0.5, 0.6) is 0 Å². The third-order valence-electron chi connectivity index (χ3n) is 2.04. The van der Waals surface area contributed by atoms with Crippen molar-refractivity contribution in [3.8, 4) is 11.8 Å². The van der Waals surface area contributed by atoms with Gasteiger partial charge in [0, 0.05) is 19.1 Å². The molecule has 0 fully saturated rings. The first kappa shape index (κ1) is 12.5. The number of nitrogens with two attached hydrogens (primary N) is 1. The van der Waals surface area contributed by atoms with Crippen LogP contribution in [-0.2, 0) is 4.74 Å². The Hall–Kier alpha value is -0.520. The quantitative estimate of drug-likeness (QED) is 0.639. The van der Waals surface area contributed by atoms with Gasteiger partial charge in [0.2, 0.25) is 0 Å². The van der Waals surface area contributed by atoms with Crippen molar-refractivity contribution in [3.05, 3.63) is 0 Å². The molecule has 2 unspecified atom stereocenters. The SMILES string of the molecule is CC#CCCC(N)C(CC)OCC. The first-order valence-electron chi connectivity index (χ1n) is 5.03. The zero-order valence-electron chi connectivity index (χ0n) is 8.97. The van der Waals surface area contributed by atoms with Crippen LogP contribution in [0.1, 0.15) is 40.0 Å². The highest BCUT2D eigenvalue weighted by molar-refractivity contribution is 4.95. The molecular formula is C11H21NO. The normalized spacial score (nSPS) is 14.5. The summed E-state index contributed by atoms with van der Waals surface area (Å²) in [7, 11) is 0. The van der Waals surface area contributed by atoms with Crippen LogP contribution in [0, 0.1) is 11.8 Å². The molecule has 2 N–H and O–H groups in total. The van der Waals surface area contributed by atoms with Crippen molar-refractivity contribution in [1.82, 2.24) is 0 Å². The Labute approximate surface area is 81.8 Å². The van der Waals surface area contributed by atoms with Crippen LogP contribution >= 0.6 is 0 Å². The molecule has 0 aromatic rings. The lowest BCUT2D eigenvalue weighted by Gasteiger charge is -2.21. The van der Waals surface area contributed by atoms with E-state index >= 15 is 0 Å². The highest BCUT2D eigenvalue weighted by atomic mass is 16.5. The minimum absolute atomic E-state index is 0.130. The fraction of sp³-hybridized carbons (Fsp3) is 0.818. The average molecular weight is 183 g/mol. The maximum absolute atomic E-state index is 5.96. The third kappa shape index (κ3) is 5.68. The summed E-state index contributed by atoms with van der Waals surface area (Å²) < 4.78 is 5.51. The molecule has 0 aliphatic heterocycles. The molecule has 0 amide bonds. The molecule has 0 radical (unpaired) electrons. The molecule has 0 aromatic heterocycles. The Kier molecular flexibility index (Phi) is 7.77. The maximum Gasteiger partial charge on any atom is 0.0723 e. The van der Waals surface area contributed by atoms with Gasteiger partial charge in [-0.15, -0.1) is 11.8 Å². The molecule has 2 atom stereocenters. The fourth-order valence-corrected chi connectivity index (χ4v) is 1.31. The van der Waals surface area contributed by atoms with Crippen molar-refractivity contribution in [1.29, 1.82) is 0 Å². The van der Waals surface area contributed by atoms with Gasteiger partial charge in [0.1, 0.15) is 0 Å². The van der Waals surface area contributed by atoms with Crippen molar-refractivity contribution >= 4 is 0 Å². The van der Waals surface area contributed by atoms with E-state index in [0.29, 0.717) is 0 Å². The van der Waals surface area contributed by atoms with Gasteiger partial charge >= 0.3 is 0 Å². The molecule has 2 nitrogen and oxygen atoms in total. The number of rotatable bonds is 6. The van der Waals surface area contributed by atoms with Crippen LogP contribution in [-0.4, -0.2) is 18.8 Å². The summed E-state index contributed by atoms with van der Waals surface area (Å²) in [5.41, 5.74) is 5.96. The lowest BCUT2D eigenvalue weighted by Crippen LogP contribution is -2.36. The van der Waals surface area contributed by atoms with E-state index in [-0.39, 0.29) is 12.1 Å². The van der Waals surface area contributed by atoms with Crippen LogP contribution in [0.4, 0.5) is 0 Å². The minimum atomic E-state index is 0.130. The summed E-state index contributed by atoms with van der Waals surface area (Å²) in [6.07, 6.45) is 2.98. The molecule has 13 heavy (non-hydrogen) atoms. The first-order chi connectivity index (χ1) is 6.26. The van der Waals surface area contributed by atoms with E-state index in [1.807, 2.05) is 13.8 Å². The number of hydrogen-bond acceptors (Lipinski definition) is 2. The van der Waals surface area contributed by atoms with Gasteiger partial charge < -0.3 is 10.5 Å². The Morgan fingerprint density at radius 1 is 1.38 bits per heavy atom. The Morgan fingerprint density at radius 3 is 2.54 bits per heavy atom. The molecule has 0 spiro atoms. The smallest absolute Gasteiger partial charge is 0.0723 e. The zero-order chi connectivity index (χ0) is 10.1. The van der Waals surface area contributed by atoms with Gasteiger partial charge in [-0.1, -0.05) is 6.92 Å². The van der Waals surface area contributed by atoms with E-state index < -0.39 is 0 Å². The van der Waals surface area contributed by atoms with E-state index in [4.69, 9.17) is 10.5 Å². The average Bonchev–Trinajstić information content (AvgIpc) is 2.14. The molecule has 0 heterocycles. The number of hydrogen-bond donors (Lipinski definition) is 1. The lowest BCUT2D eigenvalue weighted by atomic mass is 10.0. The summed E-state index contributed by atoms with van der Waals surface area (Å²) in [4.78, 5) is 0. The minimum Gasteiger partial charge on any atom is -0.377 e. The standard InChI is InChI=1S/C11H21NO/c1-4-7-8-9-10(12)11(5-2)13-6-3/h10-11H,5-6,8-9,12H2,1-3H3. The topological polar surface area (TPSA) is 35.2 Å². The molecule has 0 saturated heterocycles. The van der Waals surface area contributed by atoms with Crippen molar-refractivity contribution < 1.29 is 4.74 Å². The molecule has 0 bridgehead atoms. The Bertz CT molecular complexity index is 169. The monoisotopic (exact) mass is 183 g/mol. The summed E-state index contributed by atoms with van der Waals surface area (Å²) in [6, 6.07) is 0.130. The van der Waals surface area contributed by atoms with Crippen LogP contribution in [0.25, 0.3) is 0 Å². The van der Waals surface area contributed by atoms with E-state index in [1.54, 1.807) is 0 Å². The number of ether oxygens (including phenoxy) is 1. The summed E-state index contributed by atoms with van der Waals surface area (Å²) in [5, 5.41) is 0. The fourth-order valence-electron chi connectivity index (χ4n) is 1.31. The second kappa shape index (κ2) is 8.10. The third-order valence-corrected chi connectivity index (χ3v) is 2.04. The predicted octanol–water partition coefficient (Wildman–Crippen LogP) is 1.93.